The van der Waals surface area contributed by atoms with Gasteiger partial charge in [-0.15, -0.1) is 11.6 Å². The van der Waals surface area contributed by atoms with Crippen LogP contribution in [-0.4, -0.2) is 18.3 Å². The fourth-order valence-electron chi connectivity index (χ4n) is 2.48. The molecule has 0 saturated carbocycles. The summed E-state index contributed by atoms with van der Waals surface area (Å²) in [5.74, 6) is 0.302. The largest absolute Gasteiger partial charge is 0.385 e. The highest BCUT2D eigenvalue weighted by Gasteiger charge is 2.18. The van der Waals surface area contributed by atoms with E-state index in [1.165, 1.54) is 11.3 Å². The van der Waals surface area contributed by atoms with Crippen LogP contribution in [0, 0.1) is 0 Å². The van der Waals surface area contributed by atoms with Gasteiger partial charge in [-0.25, -0.2) is 0 Å². The van der Waals surface area contributed by atoms with Gasteiger partial charge in [0.15, 0.2) is 0 Å². The van der Waals surface area contributed by atoms with Crippen molar-refractivity contribution in [3.8, 4) is 0 Å². The van der Waals surface area contributed by atoms with E-state index in [4.69, 9.17) is 16.3 Å². The minimum absolute atomic E-state index is 0.0803. The third-order valence-electron chi connectivity index (χ3n) is 3.30. The third kappa shape index (κ3) is 2.55. The molecule has 0 radical (unpaired) electrons. The van der Waals surface area contributed by atoms with E-state index in [0.717, 1.165) is 37.8 Å². The van der Waals surface area contributed by atoms with Gasteiger partial charge in [0.1, 0.15) is 0 Å². The lowest BCUT2D eigenvalue weighted by molar-refractivity contribution is 0.189. The molecule has 1 heterocycles. The van der Waals surface area contributed by atoms with Crippen LogP contribution in [0.5, 0.6) is 0 Å². The van der Waals surface area contributed by atoms with Crippen LogP contribution in [0.3, 0.4) is 0 Å². The van der Waals surface area contributed by atoms with Crippen LogP contribution in [0.4, 0.5) is 0 Å². The second kappa shape index (κ2) is 5.69. The summed E-state index contributed by atoms with van der Waals surface area (Å²) in [7, 11) is 1.68. The summed E-state index contributed by atoms with van der Waals surface area (Å²) in [6.45, 7) is 1.42. The highest BCUT2D eigenvalue weighted by molar-refractivity contribution is 6.17. The van der Waals surface area contributed by atoms with Crippen LogP contribution >= 0.6 is 11.6 Å². The summed E-state index contributed by atoms with van der Waals surface area (Å²) in [6, 6.07) is 1.99. The molecule has 1 aliphatic rings. The van der Waals surface area contributed by atoms with E-state index >= 15 is 0 Å². The lowest BCUT2D eigenvalue weighted by atomic mass is 10.1. The molecular formula is C13H18ClNO2. The number of ether oxygens (including phenoxy) is 1. The Kier molecular flexibility index (Phi) is 4.24. The second-order valence-electron chi connectivity index (χ2n) is 4.43. The van der Waals surface area contributed by atoms with Crippen LogP contribution in [0.15, 0.2) is 10.9 Å². The Labute approximate surface area is 106 Å². The molecule has 0 spiro atoms. The fraction of sp³-hybridized carbons (Fsp3) is 0.615. The molecule has 3 nitrogen and oxygen atoms in total. The molecule has 0 aromatic carbocycles. The number of nitrogens with zero attached hydrogens (tertiary/aromatic N) is 1. The number of alkyl halides is 1. The molecule has 1 aromatic heterocycles. The maximum atomic E-state index is 12.2. The van der Waals surface area contributed by atoms with Crippen molar-refractivity contribution < 1.29 is 4.74 Å². The van der Waals surface area contributed by atoms with E-state index in [9.17, 15) is 4.79 Å². The average Bonchev–Trinajstić information content (AvgIpc) is 2.79. The first-order valence-corrected chi connectivity index (χ1v) is 6.60. The van der Waals surface area contributed by atoms with Gasteiger partial charge in [0, 0.05) is 31.5 Å². The van der Waals surface area contributed by atoms with Gasteiger partial charge < -0.3 is 9.30 Å². The quantitative estimate of drug-likeness (QED) is 0.596. The van der Waals surface area contributed by atoms with Gasteiger partial charge in [-0.05, 0) is 37.3 Å². The molecule has 4 heteroatoms. The number of aromatic nitrogens is 1. The maximum Gasteiger partial charge on any atom is 0.255 e. The van der Waals surface area contributed by atoms with Crippen molar-refractivity contribution in [2.75, 3.05) is 13.7 Å². The zero-order valence-electron chi connectivity index (χ0n) is 10.2. The molecule has 0 N–H and O–H groups in total. The summed E-state index contributed by atoms with van der Waals surface area (Å²) in [6.07, 6.45) is 4.10. The summed E-state index contributed by atoms with van der Waals surface area (Å²) < 4.78 is 6.94. The Morgan fingerprint density at radius 1 is 1.47 bits per heavy atom. The van der Waals surface area contributed by atoms with Crippen molar-refractivity contribution in [2.24, 2.45) is 0 Å². The molecule has 0 unspecified atom stereocenters. The zero-order chi connectivity index (χ0) is 12.3. The molecule has 0 fully saturated rings. The van der Waals surface area contributed by atoms with Gasteiger partial charge >= 0.3 is 0 Å². The van der Waals surface area contributed by atoms with Crippen LogP contribution in [-0.2, 0) is 30.0 Å². The Hall–Kier alpha value is -0.800. The third-order valence-corrected chi connectivity index (χ3v) is 3.59. The van der Waals surface area contributed by atoms with E-state index < -0.39 is 0 Å². The topological polar surface area (TPSA) is 31.2 Å². The van der Waals surface area contributed by atoms with Crippen molar-refractivity contribution in [3.63, 3.8) is 0 Å². The molecule has 0 bridgehead atoms. The minimum atomic E-state index is 0.0803. The normalized spacial score (nSPS) is 14.0. The first-order valence-electron chi connectivity index (χ1n) is 6.07. The van der Waals surface area contributed by atoms with Crippen LogP contribution < -0.4 is 5.56 Å². The lowest BCUT2D eigenvalue weighted by Gasteiger charge is -2.13. The summed E-state index contributed by atoms with van der Waals surface area (Å²) in [5, 5.41) is 0. The smallest absolute Gasteiger partial charge is 0.255 e. The molecule has 94 valence electrons. The van der Waals surface area contributed by atoms with Gasteiger partial charge in [0.05, 0.1) is 5.88 Å². The standard InChI is InChI=1S/C13H18ClNO2/c1-17-7-3-6-15-12-5-2-4-10(12)8-11(9-14)13(15)16/h8H,2-7,9H2,1H3. The van der Waals surface area contributed by atoms with Crippen molar-refractivity contribution >= 4 is 11.6 Å². The van der Waals surface area contributed by atoms with E-state index in [2.05, 4.69) is 0 Å². The summed E-state index contributed by atoms with van der Waals surface area (Å²) in [4.78, 5) is 12.2. The van der Waals surface area contributed by atoms with E-state index in [1.54, 1.807) is 7.11 Å². The number of methoxy groups -OCH3 is 1. The fourth-order valence-corrected chi connectivity index (χ4v) is 2.67. The van der Waals surface area contributed by atoms with Crippen LogP contribution in [0.1, 0.15) is 29.7 Å². The summed E-state index contributed by atoms with van der Waals surface area (Å²) >= 11 is 5.83. The van der Waals surface area contributed by atoms with Gasteiger partial charge in [-0.1, -0.05) is 0 Å². The van der Waals surface area contributed by atoms with Crippen molar-refractivity contribution in [1.29, 1.82) is 0 Å². The highest BCUT2D eigenvalue weighted by atomic mass is 35.5. The molecule has 0 atom stereocenters. The zero-order valence-corrected chi connectivity index (χ0v) is 10.9. The van der Waals surface area contributed by atoms with Crippen molar-refractivity contribution in [2.45, 2.75) is 38.1 Å². The molecule has 2 rings (SSSR count). The molecule has 17 heavy (non-hydrogen) atoms. The number of hydrogen-bond acceptors (Lipinski definition) is 2. The predicted molar refractivity (Wildman–Crippen MR) is 68.8 cm³/mol. The molecule has 1 aliphatic carbocycles. The summed E-state index contributed by atoms with van der Waals surface area (Å²) in [5.41, 5.74) is 3.32. The lowest BCUT2D eigenvalue weighted by Crippen LogP contribution is -2.27. The predicted octanol–water partition coefficient (Wildman–Crippen LogP) is 2.11. The Morgan fingerprint density at radius 2 is 2.29 bits per heavy atom. The molecule has 0 amide bonds. The monoisotopic (exact) mass is 255 g/mol. The number of rotatable bonds is 5. The molecule has 0 aliphatic heterocycles. The van der Waals surface area contributed by atoms with E-state index in [1.807, 2.05) is 10.6 Å². The van der Waals surface area contributed by atoms with Crippen molar-refractivity contribution in [1.82, 2.24) is 4.57 Å². The number of fused-ring (bicyclic) bond motifs is 1. The SMILES string of the molecule is COCCCn1c2c(cc(CCl)c1=O)CCC2. The van der Waals surface area contributed by atoms with Gasteiger partial charge in [-0.2, -0.15) is 0 Å². The Balaban J connectivity index is 2.34. The minimum Gasteiger partial charge on any atom is -0.385 e. The van der Waals surface area contributed by atoms with Gasteiger partial charge in [0.25, 0.3) is 5.56 Å². The number of aryl methyl sites for hydroxylation is 1. The van der Waals surface area contributed by atoms with Crippen LogP contribution in [0.25, 0.3) is 0 Å². The number of hydrogen-bond donors (Lipinski definition) is 0. The number of pyridine rings is 1. The van der Waals surface area contributed by atoms with Gasteiger partial charge in [-0.3, -0.25) is 4.79 Å². The number of halogens is 1. The second-order valence-corrected chi connectivity index (χ2v) is 4.70. The average molecular weight is 256 g/mol. The highest BCUT2D eigenvalue weighted by Crippen LogP contribution is 2.22. The van der Waals surface area contributed by atoms with Crippen LogP contribution in [0.2, 0.25) is 0 Å². The van der Waals surface area contributed by atoms with E-state index in [-0.39, 0.29) is 5.56 Å². The molecule has 0 saturated heterocycles. The molecule has 1 aromatic rings. The van der Waals surface area contributed by atoms with Gasteiger partial charge in [0.2, 0.25) is 0 Å². The first kappa shape index (κ1) is 12.7. The first-order chi connectivity index (χ1) is 8.27. The van der Waals surface area contributed by atoms with E-state index in [0.29, 0.717) is 12.5 Å². The van der Waals surface area contributed by atoms with Crippen molar-refractivity contribution in [3.05, 3.63) is 33.2 Å². The maximum absolute atomic E-state index is 12.2. The Morgan fingerprint density at radius 3 is 3.00 bits per heavy atom. The Bertz CT molecular complexity index is 453. The molecular weight excluding hydrogens is 238 g/mol.